The van der Waals surface area contributed by atoms with Gasteiger partial charge in [-0.15, -0.1) is 0 Å². The molecule has 3 rings (SSSR count). The first-order valence-corrected chi connectivity index (χ1v) is 12.5. The van der Waals surface area contributed by atoms with Crippen LogP contribution in [0, 0.1) is 0 Å². The van der Waals surface area contributed by atoms with Crippen LogP contribution in [0.4, 0.5) is 9.18 Å². The Bertz CT molecular complexity index is 1110. The van der Waals surface area contributed by atoms with Gasteiger partial charge in [0.2, 0.25) is 5.90 Å². The number of hydrazine groups is 1. The maximum absolute atomic E-state index is 15.6. The summed E-state index contributed by atoms with van der Waals surface area (Å²) in [5.74, 6) is -1.81. The number of hydrogen-bond acceptors (Lipinski definition) is 9. The number of nitrogens with zero attached hydrogens (tertiary/aromatic N) is 2. The lowest BCUT2D eigenvalue weighted by Crippen LogP contribution is -2.59. The highest BCUT2D eigenvalue weighted by molar-refractivity contribution is 7.52. The molecule has 0 unspecified atom stereocenters. The second-order valence-corrected chi connectivity index (χ2v) is 10.2. The number of halogens is 1. The van der Waals surface area contributed by atoms with Crippen LogP contribution in [-0.4, -0.2) is 82.5 Å². The number of ether oxygens (including phenoxy) is 2. The molecule has 0 saturated carbocycles. The molecule has 1 fully saturated rings. The van der Waals surface area contributed by atoms with Crippen LogP contribution in [0.3, 0.4) is 0 Å². The number of urea groups is 1. The second kappa shape index (κ2) is 11.2. The van der Waals surface area contributed by atoms with E-state index >= 15 is 4.39 Å². The Balaban J connectivity index is 1.78. The Morgan fingerprint density at radius 3 is 2.75 bits per heavy atom. The molecule has 2 amide bonds. The molecule has 1 saturated heterocycles. The highest BCUT2D eigenvalue weighted by Gasteiger charge is 2.58. The highest BCUT2D eigenvalue weighted by atomic mass is 31.2. The predicted molar refractivity (Wildman–Crippen MR) is 124 cm³/mol. The molecule has 2 aliphatic heterocycles. The molecule has 0 aromatic heterocycles. The molecule has 15 heteroatoms. The van der Waals surface area contributed by atoms with Gasteiger partial charge in [-0.3, -0.25) is 9.32 Å². The molecular formula is C21H30FN4O9P. The minimum absolute atomic E-state index is 0.108. The molecule has 0 bridgehead atoms. The van der Waals surface area contributed by atoms with Crippen molar-refractivity contribution in [3.05, 3.63) is 30.3 Å². The van der Waals surface area contributed by atoms with Gasteiger partial charge >= 0.3 is 19.7 Å². The van der Waals surface area contributed by atoms with E-state index in [-0.39, 0.29) is 5.75 Å². The summed E-state index contributed by atoms with van der Waals surface area (Å²) in [7, 11) is -4.38. The van der Waals surface area contributed by atoms with Gasteiger partial charge in [-0.05, 0) is 39.8 Å². The molecule has 13 nitrogen and oxygen atoms in total. The van der Waals surface area contributed by atoms with E-state index in [4.69, 9.17) is 21.3 Å². The number of benzene rings is 1. The van der Waals surface area contributed by atoms with Gasteiger partial charge in [-0.25, -0.2) is 24.2 Å². The molecule has 0 spiro atoms. The van der Waals surface area contributed by atoms with Crippen LogP contribution < -0.4 is 15.0 Å². The van der Waals surface area contributed by atoms with E-state index in [1.807, 2.05) is 5.43 Å². The van der Waals surface area contributed by atoms with Crippen LogP contribution in [0.25, 0.3) is 0 Å². The predicted octanol–water partition coefficient (Wildman–Crippen LogP) is 1.83. The van der Waals surface area contributed by atoms with Crippen molar-refractivity contribution in [2.75, 3.05) is 13.1 Å². The quantitative estimate of drug-likeness (QED) is 0.255. The van der Waals surface area contributed by atoms with Gasteiger partial charge in [-0.2, -0.15) is 10.1 Å². The molecule has 0 radical (unpaired) electrons. The number of amides is 2. The molecule has 200 valence electrons. The molecule has 6 atom stereocenters. The van der Waals surface area contributed by atoms with Gasteiger partial charge in [-0.1, -0.05) is 18.2 Å². The summed E-state index contributed by atoms with van der Waals surface area (Å²) in [6.45, 7) is 2.05. The molecule has 0 aliphatic carbocycles. The van der Waals surface area contributed by atoms with E-state index in [0.717, 1.165) is 6.92 Å². The van der Waals surface area contributed by atoms with Gasteiger partial charge in [0, 0.05) is 0 Å². The summed E-state index contributed by atoms with van der Waals surface area (Å²) in [6.07, 6.45) is -5.87. The molecule has 1 aromatic rings. The Kier molecular flexibility index (Phi) is 7.79. The Hall–Kier alpha value is -2.61. The van der Waals surface area contributed by atoms with Crippen molar-refractivity contribution < 1.29 is 50.0 Å². The Labute approximate surface area is 209 Å². The standard InChI is InChI=1S/C21H30FN4O9P/c1-12(2)33-18(29)13(3)25-36(31,35-14-8-6-5-7-9-14)32-11-15-17(28)21(4,22)19(34-15)26-20(30)24-16(27)10-23-26/h5-9,12-13,15,17,19,23,28H,10-11H2,1-4H3,(H,25,31)(H,24,27,30)/t13-,15+,17+,19+,21+,36-/m0/s1/i10D2. The van der Waals surface area contributed by atoms with E-state index < -0.39 is 75.0 Å². The van der Waals surface area contributed by atoms with Crippen LogP contribution in [0.15, 0.2) is 35.3 Å². The summed E-state index contributed by atoms with van der Waals surface area (Å²) < 4.78 is 66.0. The average molecular weight is 534 g/mol. The number of nitrogens with one attached hydrogen (secondary N) is 2. The van der Waals surface area contributed by atoms with Crippen molar-refractivity contribution in [3.63, 3.8) is 0 Å². The van der Waals surface area contributed by atoms with Gasteiger partial charge in [0.15, 0.2) is 11.9 Å². The van der Waals surface area contributed by atoms with Crippen LogP contribution in [-0.2, 0) is 23.4 Å². The second-order valence-electron chi connectivity index (χ2n) is 8.48. The average Bonchev–Trinajstić information content (AvgIpc) is 3.04. The molecule has 4 N–H and O–H groups in total. The maximum atomic E-state index is 15.6. The van der Waals surface area contributed by atoms with Crippen LogP contribution in [0.2, 0.25) is 0 Å². The Morgan fingerprint density at radius 2 is 2.11 bits per heavy atom. The number of para-hydroxylation sites is 1. The van der Waals surface area contributed by atoms with E-state index in [2.05, 4.69) is 10.1 Å². The summed E-state index contributed by atoms with van der Waals surface area (Å²) in [5.41, 5.74) is -0.727. The summed E-state index contributed by atoms with van der Waals surface area (Å²) in [6, 6.07) is 5.38. The van der Waals surface area contributed by atoms with Crippen LogP contribution in [0.5, 0.6) is 5.75 Å². The minimum atomic E-state index is -4.38. The SMILES string of the molecule is [2H]C1([2H])NN([C@@H]2O[C@H](CO[P@@](=O)(N[C@@H](C)C(=O)OC(C)C)Oc3ccccc3)[C@@H](O)[C@@]2(C)F)C(=O)N=C1O. The first kappa shape index (κ1) is 25.1. The van der Waals surface area contributed by atoms with Crippen molar-refractivity contribution in [1.82, 2.24) is 15.5 Å². The van der Waals surface area contributed by atoms with Crippen LogP contribution >= 0.6 is 7.75 Å². The fraction of sp³-hybridized carbons (Fsp3) is 0.571. The first-order chi connectivity index (χ1) is 17.6. The first-order valence-electron chi connectivity index (χ1n) is 11.9. The third kappa shape index (κ3) is 6.58. The third-order valence-corrected chi connectivity index (χ3v) is 6.73. The normalized spacial score (nSPS) is 31.2. The number of aliphatic hydroxyl groups excluding tert-OH is 2. The number of alkyl halides is 1. The van der Waals surface area contributed by atoms with Crippen molar-refractivity contribution in [3.8, 4) is 5.75 Å². The van der Waals surface area contributed by atoms with Crippen molar-refractivity contribution >= 4 is 25.6 Å². The van der Waals surface area contributed by atoms with Gasteiger partial charge in [0.05, 0.1) is 21.9 Å². The van der Waals surface area contributed by atoms with Crippen molar-refractivity contribution in [2.24, 2.45) is 4.99 Å². The van der Waals surface area contributed by atoms with E-state index in [1.165, 1.54) is 19.1 Å². The van der Waals surface area contributed by atoms with Crippen molar-refractivity contribution in [1.29, 1.82) is 0 Å². The summed E-state index contributed by atoms with van der Waals surface area (Å²) in [4.78, 5) is 27.6. The lowest BCUT2D eigenvalue weighted by Gasteiger charge is -2.34. The van der Waals surface area contributed by atoms with Gasteiger partial charge < -0.3 is 24.2 Å². The van der Waals surface area contributed by atoms with Crippen LogP contribution in [0.1, 0.15) is 30.4 Å². The highest BCUT2D eigenvalue weighted by Crippen LogP contribution is 2.46. The number of aliphatic hydroxyl groups is 2. The van der Waals surface area contributed by atoms with E-state index in [9.17, 15) is 24.4 Å². The minimum Gasteiger partial charge on any atom is -0.495 e. The number of carbonyl (C=O) groups is 2. The van der Waals surface area contributed by atoms with Crippen molar-refractivity contribution in [2.45, 2.75) is 63.9 Å². The Morgan fingerprint density at radius 1 is 1.44 bits per heavy atom. The number of esters is 1. The van der Waals surface area contributed by atoms with E-state index in [1.54, 1.807) is 32.0 Å². The molecule has 2 aliphatic rings. The van der Waals surface area contributed by atoms with E-state index in [0.29, 0.717) is 5.01 Å². The smallest absolute Gasteiger partial charge is 0.459 e. The number of carbonyl (C=O) groups excluding carboxylic acids is 2. The third-order valence-electron chi connectivity index (χ3n) is 5.08. The number of aliphatic imine (C=N–C) groups is 1. The summed E-state index contributed by atoms with van der Waals surface area (Å²) in [5, 5.41) is 22.9. The fourth-order valence-corrected chi connectivity index (χ4v) is 4.82. The number of hydrogen-bond donors (Lipinski definition) is 4. The summed E-state index contributed by atoms with van der Waals surface area (Å²) >= 11 is 0. The molecule has 1 aromatic carbocycles. The maximum Gasteiger partial charge on any atom is 0.459 e. The fourth-order valence-electron chi connectivity index (χ4n) is 3.32. The monoisotopic (exact) mass is 534 g/mol. The zero-order valence-electron chi connectivity index (χ0n) is 22.0. The van der Waals surface area contributed by atoms with Gasteiger partial charge in [0.1, 0.15) is 24.0 Å². The molecule has 2 heterocycles. The zero-order valence-corrected chi connectivity index (χ0v) is 20.8. The lowest BCUT2D eigenvalue weighted by atomic mass is 9.98. The van der Waals surface area contributed by atoms with Gasteiger partial charge in [0.25, 0.3) is 0 Å². The molecular weight excluding hydrogens is 502 g/mol. The zero-order chi connectivity index (χ0) is 28.5. The number of rotatable bonds is 10. The topological polar surface area (TPSA) is 168 Å². The largest absolute Gasteiger partial charge is 0.495 e. The lowest BCUT2D eigenvalue weighted by molar-refractivity contribution is -0.149. The molecule has 36 heavy (non-hydrogen) atoms.